The van der Waals surface area contributed by atoms with Crippen LogP contribution in [0.25, 0.3) is 11.0 Å². The molecule has 0 aliphatic carbocycles. The van der Waals surface area contributed by atoms with Gasteiger partial charge < -0.3 is 29.7 Å². The van der Waals surface area contributed by atoms with Crippen molar-refractivity contribution in [1.82, 2.24) is 24.8 Å². The number of H-pyrrole nitrogens is 1. The van der Waals surface area contributed by atoms with E-state index in [1.54, 1.807) is 39.5 Å². The molecule has 1 saturated heterocycles. The smallest absolute Gasteiger partial charge is 0.418 e. The Kier molecular flexibility index (Phi) is 8.10. The van der Waals surface area contributed by atoms with Crippen LogP contribution in [0.1, 0.15) is 18.1 Å². The fourth-order valence-electron chi connectivity index (χ4n) is 4.89. The third-order valence-electron chi connectivity index (χ3n) is 7.08. The number of aromatic nitrogens is 4. The van der Waals surface area contributed by atoms with Gasteiger partial charge in [-0.05, 0) is 25.1 Å². The molecule has 0 unspecified atom stereocenters. The molecule has 3 aromatic heterocycles. The lowest BCUT2D eigenvalue weighted by atomic mass is 10.1. The minimum Gasteiger partial charge on any atom is -0.497 e. The average Bonchev–Trinajstić information content (AvgIpc) is 3.40. The van der Waals surface area contributed by atoms with Crippen LogP contribution in [0, 0.1) is 0 Å². The fourth-order valence-corrected chi connectivity index (χ4v) is 7.46. The van der Waals surface area contributed by atoms with Crippen molar-refractivity contribution in [2.75, 3.05) is 56.8 Å². The number of benzene rings is 1. The molecule has 0 bridgehead atoms. The van der Waals surface area contributed by atoms with Gasteiger partial charge in [0.1, 0.15) is 35.9 Å². The third kappa shape index (κ3) is 6.11. The van der Waals surface area contributed by atoms with Gasteiger partial charge in [0.25, 0.3) is 0 Å². The second-order valence-corrected chi connectivity index (χ2v) is 12.9. The summed E-state index contributed by atoms with van der Waals surface area (Å²) in [5, 5.41) is 6.39. The van der Waals surface area contributed by atoms with Crippen LogP contribution in [-0.2, 0) is 17.3 Å². The Morgan fingerprint density at radius 1 is 1.10 bits per heavy atom. The summed E-state index contributed by atoms with van der Waals surface area (Å²) in [7, 11) is 0.600. The van der Waals surface area contributed by atoms with Crippen molar-refractivity contribution >= 4 is 41.1 Å². The van der Waals surface area contributed by atoms with Crippen molar-refractivity contribution in [1.29, 1.82) is 0 Å². The maximum atomic E-state index is 13.8. The Morgan fingerprint density at radius 3 is 2.51 bits per heavy atom. The zero-order chi connectivity index (χ0) is 29.2. The van der Waals surface area contributed by atoms with E-state index in [4.69, 9.17) is 9.47 Å². The number of hydrogen-bond donors (Lipinski definition) is 3. The van der Waals surface area contributed by atoms with E-state index >= 15 is 0 Å². The monoisotopic (exact) mass is 589 g/mol. The van der Waals surface area contributed by atoms with Gasteiger partial charge in [-0.2, -0.15) is 23.1 Å². The van der Waals surface area contributed by atoms with E-state index in [2.05, 4.69) is 35.5 Å². The summed E-state index contributed by atoms with van der Waals surface area (Å²) in [6.07, 6.45) is -1.02. The highest BCUT2D eigenvalue weighted by molar-refractivity contribution is 7.71. The summed E-state index contributed by atoms with van der Waals surface area (Å²) in [6, 6.07) is 9.19. The Balaban J connectivity index is 1.26. The first-order valence-electron chi connectivity index (χ1n) is 13.1. The lowest BCUT2D eigenvalue weighted by Gasteiger charge is -2.32. The van der Waals surface area contributed by atoms with Crippen LogP contribution < -0.4 is 25.4 Å². The summed E-state index contributed by atoms with van der Waals surface area (Å²) < 4.78 is 64.9. The molecule has 1 aliphatic heterocycles. The van der Waals surface area contributed by atoms with Crippen molar-refractivity contribution in [3.05, 3.63) is 53.9 Å². The molecule has 1 fully saturated rings. The Hall–Kier alpha value is -3.83. The Morgan fingerprint density at radius 2 is 1.88 bits per heavy atom. The van der Waals surface area contributed by atoms with Crippen molar-refractivity contribution in [2.45, 2.75) is 19.6 Å². The number of anilines is 3. The van der Waals surface area contributed by atoms with Crippen LogP contribution in [0.15, 0.2) is 42.7 Å². The lowest BCUT2D eigenvalue weighted by molar-refractivity contribution is -0.136. The van der Waals surface area contributed by atoms with Crippen LogP contribution in [0.2, 0.25) is 0 Å². The van der Waals surface area contributed by atoms with E-state index in [1.165, 1.54) is 0 Å². The van der Waals surface area contributed by atoms with E-state index < -0.39 is 18.9 Å². The van der Waals surface area contributed by atoms with Gasteiger partial charge in [0.15, 0.2) is 0 Å². The normalized spacial score (nSPS) is 15.6. The number of ether oxygens (including phenoxy) is 2. The molecule has 5 rings (SSSR count). The number of hydrogen-bond acceptors (Lipinski definition) is 9. The number of methoxy groups -OCH3 is 2. The number of rotatable bonds is 9. The SMILES string of the molecule is CCNc1nc(Nc2ccc(P3(=O)CCN(Cc4ccc(OC)cc4OC)CC3)cn2)nc2[nH]cc(C(F)(F)F)c12. The van der Waals surface area contributed by atoms with Gasteiger partial charge in [-0.3, -0.25) is 4.90 Å². The molecule has 0 radical (unpaired) electrons. The quantitative estimate of drug-likeness (QED) is 0.230. The van der Waals surface area contributed by atoms with Gasteiger partial charge in [0.05, 0.1) is 25.2 Å². The molecule has 4 heterocycles. The van der Waals surface area contributed by atoms with Gasteiger partial charge in [0, 0.05) is 67.8 Å². The van der Waals surface area contributed by atoms with Crippen molar-refractivity contribution < 1.29 is 27.2 Å². The highest BCUT2D eigenvalue weighted by Crippen LogP contribution is 2.46. The molecule has 0 saturated carbocycles. The van der Waals surface area contributed by atoms with Crippen molar-refractivity contribution in [3.8, 4) is 11.5 Å². The number of nitrogens with zero attached hydrogens (tertiary/aromatic N) is 4. The minimum atomic E-state index is -4.55. The van der Waals surface area contributed by atoms with E-state index in [0.29, 0.717) is 49.6 Å². The van der Waals surface area contributed by atoms with Gasteiger partial charge in [-0.1, -0.05) is 6.07 Å². The summed E-state index contributed by atoms with van der Waals surface area (Å²) >= 11 is 0. The first kappa shape index (κ1) is 28.7. The summed E-state index contributed by atoms with van der Waals surface area (Å²) in [4.78, 5) is 17.7. The maximum absolute atomic E-state index is 13.8. The molecule has 218 valence electrons. The molecule has 4 aromatic rings. The van der Waals surface area contributed by atoms with Crippen molar-refractivity contribution in [2.24, 2.45) is 0 Å². The minimum absolute atomic E-state index is 0.0471. The molecular formula is C27H31F3N7O3P. The predicted molar refractivity (Wildman–Crippen MR) is 152 cm³/mol. The number of alkyl halides is 3. The molecule has 41 heavy (non-hydrogen) atoms. The van der Waals surface area contributed by atoms with E-state index in [1.807, 2.05) is 18.2 Å². The molecule has 14 heteroatoms. The van der Waals surface area contributed by atoms with Crippen LogP contribution in [-0.4, -0.2) is 71.0 Å². The molecule has 0 spiro atoms. The third-order valence-corrected chi connectivity index (χ3v) is 10.1. The number of fused-ring (bicyclic) bond motifs is 1. The molecule has 0 atom stereocenters. The molecule has 1 aliphatic rings. The molecule has 1 aromatic carbocycles. The molecule has 0 amide bonds. The Labute approximate surface area is 235 Å². The highest BCUT2D eigenvalue weighted by Gasteiger charge is 2.36. The second kappa shape index (κ2) is 11.6. The summed E-state index contributed by atoms with van der Waals surface area (Å²) in [5.41, 5.74) is 0.246. The highest BCUT2D eigenvalue weighted by atomic mass is 31.2. The summed E-state index contributed by atoms with van der Waals surface area (Å²) in [6.45, 7) is 4.16. The standard InChI is InChI=1S/C27H31F3N7O3P/c1-4-31-24-23-20(27(28,29)30)15-33-25(23)36-26(35-24)34-22-8-7-19(14-32-22)41(38)11-9-37(10-12-41)16-17-5-6-18(39-2)13-21(17)40-3/h5-8,13-15H,4,9-12,16H2,1-3H3,(H3,31,32,33,34,35,36). The van der Waals surface area contributed by atoms with Crippen molar-refractivity contribution in [3.63, 3.8) is 0 Å². The largest absolute Gasteiger partial charge is 0.497 e. The zero-order valence-electron chi connectivity index (χ0n) is 22.9. The van der Waals surface area contributed by atoms with Gasteiger partial charge in [0.2, 0.25) is 5.95 Å². The van der Waals surface area contributed by atoms with Gasteiger partial charge in [-0.15, -0.1) is 0 Å². The Bertz CT molecular complexity index is 1570. The van der Waals surface area contributed by atoms with Crippen LogP contribution in [0.5, 0.6) is 11.5 Å². The second-order valence-electron chi connectivity index (χ2n) is 9.67. The predicted octanol–water partition coefficient (Wildman–Crippen LogP) is 5.07. The number of nitrogens with one attached hydrogen (secondary N) is 3. The van der Waals surface area contributed by atoms with Crippen LogP contribution in [0.3, 0.4) is 0 Å². The number of pyridine rings is 1. The van der Waals surface area contributed by atoms with Crippen LogP contribution >= 0.6 is 7.14 Å². The fraction of sp³-hybridized carbons (Fsp3) is 0.370. The topological polar surface area (TPSA) is 117 Å². The van der Waals surface area contributed by atoms with E-state index in [9.17, 15) is 17.7 Å². The first-order valence-corrected chi connectivity index (χ1v) is 15.2. The molecule has 3 N–H and O–H groups in total. The van der Waals surface area contributed by atoms with E-state index in [-0.39, 0.29) is 22.8 Å². The summed E-state index contributed by atoms with van der Waals surface area (Å²) in [5.74, 6) is 2.01. The zero-order valence-corrected chi connectivity index (χ0v) is 23.8. The lowest BCUT2D eigenvalue weighted by Crippen LogP contribution is -2.36. The van der Waals surface area contributed by atoms with E-state index in [0.717, 1.165) is 23.3 Å². The molecule has 10 nitrogen and oxygen atoms in total. The first-order chi connectivity index (χ1) is 19.6. The number of halogens is 3. The average molecular weight is 590 g/mol. The molecular weight excluding hydrogens is 558 g/mol. The van der Waals surface area contributed by atoms with Crippen LogP contribution in [0.4, 0.5) is 30.8 Å². The van der Waals surface area contributed by atoms with Gasteiger partial charge in [-0.25, -0.2) is 4.98 Å². The maximum Gasteiger partial charge on any atom is 0.418 e. The van der Waals surface area contributed by atoms with Gasteiger partial charge >= 0.3 is 6.18 Å². The number of aromatic amines is 1.